The maximum atomic E-state index is 12.9. The summed E-state index contributed by atoms with van der Waals surface area (Å²) in [5.74, 6) is 0.391. The lowest BCUT2D eigenvalue weighted by Crippen LogP contribution is -2.35. The molecule has 1 aromatic rings. The lowest BCUT2D eigenvalue weighted by molar-refractivity contribution is 0.339. The van der Waals surface area contributed by atoms with Crippen LogP contribution in [0.3, 0.4) is 0 Å². The summed E-state index contributed by atoms with van der Waals surface area (Å²) in [5.41, 5.74) is 7.98. The third-order valence-corrected chi connectivity index (χ3v) is 6.20. The van der Waals surface area contributed by atoms with Crippen LogP contribution in [0.2, 0.25) is 0 Å². The maximum absolute atomic E-state index is 12.9. The summed E-state index contributed by atoms with van der Waals surface area (Å²) in [4.78, 5) is 0.341. The van der Waals surface area contributed by atoms with Crippen LogP contribution < -0.4 is 5.73 Å². The zero-order valence-electron chi connectivity index (χ0n) is 13.8. The van der Waals surface area contributed by atoms with Gasteiger partial charge in [0.2, 0.25) is 10.0 Å². The smallest absolute Gasteiger partial charge is 0.243 e. The molecule has 0 saturated heterocycles. The Labute approximate surface area is 129 Å². The van der Waals surface area contributed by atoms with Crippen molar-refractivity contribution in [3.8, 4) is 0 Å². The second-order valence-electron chi connectivity index (χ2n) is 5.62. The first-order valence-corrected chi connectivity index (χ1v) is 9.08. The molecule has 0 spiro atoms. The molecule has 0 bridgehead atoms. The van der Waals surface area contributed by atoms with Gasteiger partial charge in [0.05, 0.1) is 4.90 Å². The van der Waals surface area contributed by atoms with Crippen molar-refractivity contribution in [3.63, 3.8) is 0 Å². The summed E-state index contributed by atoms with van der Waals surface area (Å²) < 4.78 is 27.4. The minimum Gasteiger partial charge on any atom is -0.398 e. The van der Waals surface area contributed by atoms with E-state index in [1.165, 1.54) is 0 Å². The minimum absolute atomic E-state index is 0.341. The van der Waals surface area contributed by atoms with Crippen LogP contribution in [0.15, 0.2) is 17.0 Å². The van der Waals surface area contributed by atoms with E-state index in [4.69, 9.17) is 5.73 Å². The summed E-state index contributed by atoms with van der Waals surface area (Å²) in [6, 6.07) is 3.53. The zero-order valence-corrected chi connectivity index (χ0v) is 14.6. The number of aryl methyl sites for hydroxylation is 1. The fourth-order valence-corrected chi connectivity index (χ4v) is 4.36. The van der Waals surface area contributed by atoms with Gasteiger partial charge in [-0.25, -0.2) is 8.42 Å². The van der Waals surface area contributed by atoms with Crippen LogP contribution in [0.4, 0.5) is 5.69 Å². The molecule has 2 N–H and O–H groups in total. The number of nitrogens with two attached hydrogens (primary N) is 1. The summed E-state index contributed by atoms with van der Waals surface area (Å²) >= 11 is 0. The highest BCUT2D eigenvalue weighted by Crippen LogP contribution is 2.27. The molecule has 1 aromatic carbocycles. The van der Waals surface area contributed by atoms with Gasteiger partial charge in [0, 0.05) is 18.8 Å². The van der Waals surface area contributed by atoms with Gasteiger partial charge in [0.25, 0.3) is 0 Å². The third-order valence-electron chi connectivity index (χ3n) is 4.13. The monoisotopic (exact) mass is 312 g/mol. The Kier molecular flexibility index (Phi) is 6.23. The number of nitrogens with zero attached hydrogens (tertiary/aromatic N) is 1. The first kappa shape index (κ1) is 18.0. The second kappa shape index (κ2) is 7.27. The molecule has 0 radical (unpaired) electrons. The van der Waals surface area contributed by atoms with Gasteiger partial charge in [-0.3, -0.25) is 0 Å². The maximum Gasteiger partial charge on any atom is 0.243 e. The van der Waals surface area contributed by atoms with Crippen LogP contribution in [-0.4, -0.2) is 25.8 Å². The van der Waals surface area contributed by atoms with E-state index in [1.54, 1.807) is 17.3 Å². The van der Waals surface area contributed by atoms with Crippen LogP contribution in [0.5, 0.6) is 0 Å². The summed E-state index contributed by atoms with van der Waals surface area (Å²) in [6.45, 7) is 10.8. The molecule has 0 heterocycles. The first-order valence-electron chi connectivity index (χ1n) is 7.64. The van der Waals surface area contributed by atoms with Crippen LogP contribution in [0.1, 0.15) is 44.7 Å². The Hall–Kier alpha value is -1.07. The fourth-order valence-electron chi connectivity index (χ4n) is 2.49. The van der Waals surface area contributed by atoms with Gasteiger partial charge in [0.15, 0.2) is 0 Å². The lowest BCUT2D eigenvalue weighted by atomic mass is 10.0. The second-order valence-corrected chi connectivity index (χ2v) is 7.52. The number of hydrogen-bond donors (Lipinski definition) is 1. The lowest BCUT2D eigenvalue weighted by Gasteiger charge is -2.26. The predicted molar refractivity (Wildman–Crippen MR) is 88.8 cm³/mol. The first-order chi connectivity index (χ1) is 9.77. The number of hydrogen-bond acceptors (Lipinski definition) is 3. The Morgan fingerprint density at radius 1 is 1.14 bits per heavy atom. The van der Waals surface area contributed by atoms with Gasteiger partial charge in [-0.1, -0.05) is 33.6 Å². The van der Waals surface area contributed by atoms with Crippen molar-refractivity contribution in [1.82, 2.24) is 4.31 Å². The predicted octanol–water partition coefficient (Wildman–Crippen LogP) is 3.33. The van der Waals surface area contributed by atoms with Crippen molar-refractivity contribution in [2.24, 2.45) is 5.92 Å². The number of benzene rings is 1. The van der Waals surface area contributed by atoms with Crippen molar-refractivity contribution < 1.29 is 8.42 Å². The Bertz CT molecular complexity index is 578. The summed E-state index contributed by atoms with van der Waals surface area (Å²) in [7, 11) is -3.49. The van der Waals surface area contributed by atoms with Crippen LogP contribution >= 0.6 is 0 Å². The van der Waals surface area contributed by atoms with Crippen LogP contribution in [0, 0.1) is 19.8 Å². The van der Waals surface area contributed by atoms with E-state index in [1.807, 2.05) is 19.9 Å². The molecule has 1 rings (SSSR count). The average Bonchev–Trinajstić information content (AvgIpc) is 2.43. The van der Waals surface area contributed by atoms with E-state index in [2.05, 4.69) is 13.8 Å². The Morgan fingerprint density at radius 2 is 1.71 bits per heavy atom. The molecule has 0 saturated carbocycles. The number of rotatable bonds is 7. The standard InChI is InChI=1S/C16H28N2O2S/c1-6-14(7-2)11-18(8-3)21(19,20)16-10-12(4)9-15(17)13(16)5/h9-10,14H,6-8,11,17H2,1-5H3. The summed E-state index contributed by atoms with van der Waals surface area (Å²) in [6.07, 6.45) is 1.97. The molecule has 0 atom stereocenters. The number of anilines is 1. The van der Waals surface area contributed by atoms with Gasteiger partial charge in [0.1, 0.15) is 0 Å². The normalized spacial score (nSPS) is 12.3. The molecule has 0 fully saturated rings. The van der Waals surface area contributed by atoms with Crippen LogP contribution in [-0.2, 0) is 10.0 Å². The molecule has 0 aliphatic carbocycles. The molecular formula is C16H28N2O2S. The average molecular weight is 312 g/mol. The topological polar surface area (TPSA) is 63.4 Å². The molecule has 0 unspecified atom stereocenters. The molecule has 120 valence electrons. The largest absolute Gasteiger partial charge is 0.398 e. The molecule has 21 heavy (non-hydrogen) atoms. The highest BCUT2D eigenvalue weighted by molar-refractivity contribution is 7.89. The molecule has 0 aromatic heterocycles. The van der Waals surface area contributed by atoms with Crippen LogP contribution in [0.25, 0.3) is 0 Å². The van der Waals surface area contributed by atoms with E-state index < -0.39 is 10.0 Å². The minimum atomic E-state index is -3.49. The quantitative estimate of drug-likeness (QED) is 0.785. The van der Waals surface area contributed by atoms with Gasteiger partial charge in [-0.15, -0.1) is 0 Å². The van der Waals surface area contributed by atoms with Crippen molar-refractivity contribution in [3.05, 3.63) is 23.3 Å². The Balaban J connectivity index is 3.25. The fraction of sp³-hybridized carbons (Fsp3) is 0.625. The van der Waals surface area contributed by atoms with E-state index in [0.717, 1.165) is 18.4 Å². The highest BCUT2D eigenvalue weighted by Gasteiger charge is 2.27. The van der Waals surface area contributed by atoms with Gasteiger partial charge >= 0.3 is 0 Å². The van der Waals surface area contributed by atoms with E-state index >= 15 is 0 Å². The van der Waals surface area contributed by atoms with Gasteiger partial charge < -0.3 is 5.73 Å². The SMILES string of the molecule is CCC(CC)CN(CC)S(=O)(=O)c1cc(C)cc(N)c1C. The molecule has 0 aliphatic rings. The van der Waals surface area contributed by atoms with Crippen molar-refractivity contribution >= 4 is 15.7 Å². The Morgan fingerprint density at radius 3 is 2.19 bits per heavy atom. The third kappa shape index (κ3) is 3.98. The highest BCUT2D eigenvalue weighted by atomic mass is 32.2. The molecular weight excluding hydrogens is 284 g/mol. The zero-order chi connectivity index (χ0) is 16.2. The molecule has 4 nitrogen and oxygen atoms in total. The molecule has 5 heteroatoms. The number of sulfonamides is 1. The van der Waals surface area contributed by atoms with E-state index in [9.17, 15) is 8.42 Å². The van der Waals surface area contributed by atoms with Crippen molar-refractivity contribution in [2.45, 2.75) is 52.4 Å². The van der Waals surface area contributed by atoms with Crippen molar-refractivity contribution in [1.29, 1.82) is 0 Å². The molecule has 0 aliphatic heterocycles. The van der Waals surface area contributed by atoms with Gasteiger partial charge in [-0.2, -0.15) is 4.31 Å². The van der Waals surface area contributed by atoms with E-state index in [-0.39, 0.29) is 0 Å². The number of nitrogen functional groups attached to an aromatic ring is 1. The van der Waals surface area contributed by atoms with Crippen molar-refractivity contribution in [2.75, 3.05) is 18.8 Å². The van der Waals surface area contributed by atoms with E-state index in [0.29, 0.717) is 35.2 Å². The molecule has 0 amide bonds. The van der Waals surface area contributed by atoms with Gasteiger partial charge in [-0.05, 0) is 43.0 Å². The summed E-state index contributed by atoms with van der Waals surface area (Å²) in [5, 5.41) is 0.